The Hall–Kier alpha value is -1.91. The zero-order valence-corrected chi connectivity index (χ0v) is 13.4. The van der Waals surface area contributed by atoms with E-state index in [2.05, 4.69) is 14.4 Å². The molecule has 1 aliphatic rings. The lowest BCUT2D eigenvalue weighted by atomic mass is 9.87. The van der Waals surface area contributed by atoms with Crippen molar-refractivity contribution < 1.29 is 13.5 Å². The molecular formula is C15H12ClF2N3OS. The first-order valence-corrected chi connectivity index (χ1v) is 8.13. The Kier molecular flexibility index (Phi) is 4.64. The van der Waals surface area contributed by atoms with Gasteiger partial charge in [-0.1, -0.05) is 17.7 Å². The summed E-state index contributed by atoms with van der Waals surface area (Å²) in [5.41, 5.74) is 2.33. The van der Waals surface area contributed by atoms with Gasteiger partial charge >= 0.3 is 6.61 Å². The van der Waals surface area contributed by atoms with Gasteiger partial charge in [-0.3, -0.25) is 0 Å². The zero-order valence-electron chi connectivity index (χ0n) is 11.9. The van der Waals surface area contributed by atoms with Crippen LogP contribution in [0.2, 0.25) is 5.15 Å². The number of fused-ring (bicyclic) bond motifs is 1. The van der Waals surface area contributed by atoms with Gasteiger partial charge in [-0.15, -0.1) is 0 Å². The van der Waals surface area contributed by atoms with Gasteiger partial charge in [-0.2, -0.15) is 18.4 Å². The van der Waals surface area contributed by atoms with Gasteiger partial charge < -0.3 is 10.1 Å². The van der Waals surface area contributed by atoms with Gasteiger partial charge in [-0.05, 0) is 54.1 Å². The summed E-state index contributed by atoms with van der Waals surface area (Å²) in [6, 6.07) is 7.01. The lowest BCUT2D eigenvalue weighted by Gasteiger charge is -2.27. The smallest absolute Gasteiger partial charge is 0.387 e. The van der Waals surface area contributed by atoms with Crippen LogP contribution in [0.5, 0.6) is 5.75 Å². The molecule has 0 bridgehead atoms. The quantitative estimate of drug-likeness (QED) is 0.859. The van der Waals surface area contributed by atoms with Gasteiger partial charge in [0.25, 0.3) is 0 Å². The molecule has 1 atom stereocenters. The van der Waals surface area contributed by atoms with Gasteiger partial charge in [0.2, 0.25) is 0 Å². The molecule has 3 rings (SSSR count). The number of nitrogens with zero attached hydrogens (tertiary/aromatic N) is 2. The van der Waals surface area contributed by atoms with E-state index in [0.717, 1.165) is 41.9 Å². The number of alkyl halides is 2. The minimum atomic E-state index is -2.83. The maximum absolute atomic E-state index is 12.3. The van der Waals surface area contributed by atoms with Crippen molar-refractivity contribution in [3.63, 3.8) is 0 Å². The van der Waals surface area contributed by atoms with Crippen molar-refractivity contribution >= 4 is 28.1 Å². The second-order valence-corrected chi connectivity index (χ2v) is 6.25. The minimum absolute atomic E-state index is 0.0111. The van der Waals surface area contributed by atoms with Crippen LogP contribution in [0, 0.1) is 11.3 Å². The van der Waals surface area contributed by atoms with Crippen molar-refractivity contribution in [1.29, 1.82) is 5.26 Å². The van der Waals surface area contributed by atoms with Crippen LogP contribution in [0.3, 0.4) is 0 Å². The third-order valence-electron chi connectivity index (χ3n) is 3.72. The molecule has 120 valence electrons. The summed E-state index contributed by atoms with van der Waals surface area (Å²) in [5, 5.41) is 13.3. The number of hydrogen-bond acceptors (Lipinski definition) is 5. The van der Waals surface area contributed by atoms with E-state index in [4.69, 9.17) is 16.9 Å². The van der Waals surface area contributed by atoms with Crippen molar-refractivity contribution in [3.8, 4) is 11.8 Å². The second kappa shape index (κ2) is 6.69. The minimum Gasteiger partial charge on any atom is -0.435 e. The molecule has 0 spiro atoms. The molecule has 23 heavy (non-hydrogen) atoms. The zero-order chi connectivity index (χ0) is 16.4. The predicted octanol–water partition coefficient (Wildman–Crippen LogP) is 4.76. The van der Waals surface area contributed by atoms with Crippen molar-refractivity contribution in [2.45, 2.75) is 31.9 Å². The van der Waals surface area contributed by atoms with Gasteiger partial charge in [0, 0.05) is 0 Å². The number of anilines is 1. The van der Waals surface area contributed by atoms with Crippen LogP contribution >= 0.6 is 23.1 Å². The molecule has 1 heterocycles. The lowest BCUT2D eigenvalue weighted by Crippen LogP contribution is -2.17. The Morgan fingerprint density at radius 2 is 2.30 bits per heavy atom. The molecule has 1 aromatic carbocycles. The van der Waals surface area contributed by atoms with Crippen LogP contribution in [0.4, 0.5) is 13.8 Å². The van der Waals surface area contributed by atoms with Crippen LogP contribution in [0.15, 0.2) is 18.2 Å². The summed E-state index contributed by atoms with van der Waals surface area (Å²) in [6.45, 7) is -2.83. The summed E-state index contributed by atoms with van der Waals surface area (Å²) < 4.78 is 33.1. The number of aromatic nitrogens is 1. The molecule has 8 heteroatoms. The highest BCUT2D eigenvalue weighted by Gasteiger charge is 2.23. The molecule has 1 aromatic heterocycles. The van der Waals surface area contributed by atoms with Crippen molar-refractivity contribution in [2.75, 3.05) is 5.32 Å². The van der Waals surface area contributed by atoms with Crippen LogP contribution in [-0.2, 0) is 6.42 Å². The number of ether oxygens (including phenoxy) is 1. The fourth-order valence-corrected chi connectivity index (χ4v) is 3.73. The highest BCUT2D eigenvalue weighted by atomic mass is 35.5. The van der Waals surface area contributed by atoms with Crippen LogP contribution in [-0.4, -0.2) is 11.0 Å². The molecule has 0 fully saturated rings. The fraction of sp³-hybridized carbons (Fsp3) is 0.333. The van der Waals surface area contributed by atoms with E-state index in [-0.39, 0.29) is 16.9 Å². The topological polar surface area (TPSA) is 57.9 Å². The molecule has 1 aliphatic carbocycles. The largest absolute Gasteiger partial charge is 0.435 e. The maximum Gasteiger partial charge on any atom is 0.387 e. The Bertz CT molecular complexity index is 760. The Balaban J connectivity index is 1.85. The highest BCUT2D eigenvalue weighted by molar-refractivity contribution is 7.10. The maximum atomic E-state index is 12.3. The number of aryl methyl sites for hydroxylation is 1. The number of benzene rings is 1. The SMILES string of the molecule is N#Cc1c(Cl)nsc1N[C@H]1CCCc2cc(OC(F)F)ccc21. The summed E-state index contributed by atoms with van der Waals surface area (Å²) in [5.74, 6) is 0.165. The van der Waals surface area contributed by atoms with Gasteiger partial charge in [0.1, 0.15) is 22.4 Å². The number of halogens is 3. The van der Waals surface area contributed by atoms with Crippen molar-refractivity contribution in [3.05, 3.63) is 40.0 Å². The van der Waals surface area contributed by atoms with Crippen LogP contribution in [0.1, 0.15) is 35.6 Å². The third kappa shape index (κ3) is 3.38. The Morgan fingerprint density at radius 1 is 1.48 bits per heavy atom. The van der Waals surface area contributed by atoms with E-state index in [1.807, 2.05) is 6.07 Å². The van der Waals surface area contributed by atoms with Crippen molar-refractivity contribution in [2.24, 2.45) is 0 Å². The van der Waals surface area contributed by atoms with E-state index in [0.29, 0.717) is 10.6 Å². The predicted molar refractivity (Wildman–Crippen MR) is 84.2 cm³/mol. The molecule has 0 amide bonds. The van der Waals surface area contributed by atoms with Gasteiger partial charge in [0.05, 0.1) is 6.04 Å². The average Bonchev–Trinajstić information content (AvgIpc) is 2.86. The molecular weight excluding hydrogens is 344 g/mol. The number of hydrogen-bond donors (Lipinski definition) is 1. The summed E-state index contributed by atoms with van der Waals surface area (Å²) in [7, 11) is 0. The first kappa shape index (κ1) is 16.0. The van der Waals surface area contributed by atoms with Gasteiger partial charge in [-0.25, -0.2) is 0 Å². The van der Waals surface area contributed by atoms with Crippen molar-refractivity contribution in [1.82, 2.24) is 4.37 Å². The highest BCUT2D eigenvalue weighted by Crippen LogP contribution is 2.37. The number of nitriles is 1. The third-order valence-corrected chi connectivity index (χ3v) is 4.87. The lowest BCUT2D eigenvalue weighted by molar-refractivity contribution is -0.0499. The van der Waals surface area contributed by atoms with Crippen LogP contribution < -0.4 is 10.1 Å². The molecule has 1 N–H and O–H groups in total. The summed E-state index contributed by atoms with van der Waals surface area (Å²) >= 11 is 7.02. The average molecular weight is 356 g/mol. The fourth-order valence-electron chi connectivity index (χ4n) is 2.74. The van der Waals surface area contributed by atoms with E-state index in [1.54, 1.807) is 12.1 Å². The molecule has 0 aliphatic heterocycles. The summed E-state index contributed by atoms with van der Waals surface area (Å²) in [6.07, 6.45) is 2.60. The monoisotopic (exact) mass is 355 g/mol. The molecule has 0 unspecified atom stereocenters. The molecule has 0 radical (unpaired) electrons. The summed E-state index contributed by atoms with van der Waals surface area (Å²) in [4.78, 5) is 0. The second-order valence-electron chi connectivity index (χ2n) is 5.12. The van der Waals surface area contributed by atoms with E-state index < -0.39 is 6.61 Å². The standard InChI is InChI=1S/C15H12ClF2N3OS/c16-13-11(7-19)14(23-21-13)20-12-3-1-2-8-6-9(22-15(17)18)4-5-10(8)12/h4-6,12,15,20H,1-3H2/t12-/m0/s1. The first-order chi connectivity index (χ1) is 11.1. The normalized spacial score (nSPS) is 16.7. The van der Waals surface area contributed by atoms with E-state index in [9.17, 15) is 8.78 Å². The van der Waals surface area contributed by atoms with E-state index in [1.165, 1.54) is 6.07 Å². The molecule has 4 nitrogen and oxygen atoms in total. The number of rotatable bonds is 4. The molecule has 2 aromatic rings. The Labute approximate surface area is 140 Å². The first-order valence-electron chi connectivity index (χ1n) is 6.98. The Morgan fingerprint density at radius 3 is 3.04 bits per heavy atom. The van der Waals surface area contributed by atoms with E-state index >= 15 is 0 Å². The molecule has 0 saturated carbocycles. The number of nitrogens with one attached hydrogen (secondary N) is 1. The van der Waals surface area contributed by atoms with Crippen LogP contribution in [0.25, 0.3) is 0 Å². The molecule has 0 saturated heterocycles. The van der Waals surface area contributed by atoms with Gasteiger partial charge in [0.15, 0.2) is 5.15 Å².